The molecule has 0 rings (SSSR count). The van der Waals surface area contributed by atoms with E-state index in [9.17, 15) is 4.79 Å². The molecule has 0 spiro atoms. The van der Waals surface area contributed by atoms with Crippen LogP contribution in [0.15, 0.2) is 0 Å². The van der Waals surface area contributed by atoms with E-state index in [1.165, 1.54) is 0 Å². The van der Waals surface area contributed by atoms with Gasteiger partial charge in [-0.3, -0.25) is 4.79 Å². The first kappa shape index (κ1) is 16.4. The van der Waals surface area contributed by atoms with E-state index in [1.807, 2.05) is 13.8 Å². The van der Waals surface area contributed by atoms with Gasteiger partial charge in [0.2, 0.25) is 0 Å². The molecule has 0 radical (unpaired) electrons. The van der Waals surface area contributed by atoms with Gasteiger partial charge in [-0.2, -0.15) is 0 Å². The third-order valence-electron chi connectivity index (χ3n) is 3.49. The van der Waals surface area contributed by atoms with E-state index in [0.29, 0.717) is 0 Å². The number of rotatable bonds is 7. The first-order chi connectivity index (χ1) is 7.75. The van der Waals surface area contributed by atoms with Crippen LogP contribution in [0.1, 0.15) is 27.7 Å². The van der Waals surface area contributed by atoms with Gasteiger partial charge in [0, 0.05) is 0 Å². The molecule has 0 saturated carbocycles. The standard InChI is InChI=1S/C12H24O5/c1-9(2)11(3,4)10(16)17-8-12(5-13,6-14)7-15/h9,13-15H,5-8H2,1-4H3. The van der Waals surface area contributed by atoms with Crippen molar-refractivity contribution in [3.05, 3.63) is 0 Å². The van der Waals surface area contributed by atoms with E-state index in [1.54, 1.807) is 13.8 Å². The quantitative estimate of drug-likeness (QED) is 0.559. The maximum atomic E-state index is 11.8. The summed E-state index contributed by atoms with van der Waals surface area (Å²) >= 11 is 0. The number of esters is 1. The second-order valence-corrected chi connectivity index (χ2v) is 5.43. The van der Waals surface area contributed by atoms with Crippen LogP contribution in [0.25, 0.3) is 0 Å². The van der Waals surface area contributed by atoms with E-state index in [-0.39, 0.29) is 12.5 Å². The molecule has 5 nitrogen and oxygen atoms in total. The highest BCUT2D eigenvalue weighted by Gasteiger charge is 2.36. The van der Waals surface area contributed by atoms with Crippen LogP contribution in [0.4, 0.5) is 0 Å². The molecular weight excluding hydrogens is 224 g/mol. The van der Waals surface area contributed by atoms with Gasteiger partial charge in [-0.05, 0) is 19.8 Å². The highest BCUT2D eigenvalue weighted by atomic mass is 16.5. The Morgan fingerprint density at radius 3 is 1.82 bits per heavy atom. The number of aliphatic hydroxyl groups excluding tert-OH is 3. The Labute approximate surface area is 102 Å². The average Bonchev–Trinajstić information content (AvgIpc) is 2.31. The summed E-state index contributed by atoms with van der Waals surface area (Å²) in [7, 11) is 0. The largest absolute Gasteiger partial charge is 0.464 e. The van der Waals surface area contributed by atoms with Crippen molar-refractivity contribution in [3.8, 4) is 0 Å². The van der Waals surface area contributed by atoms with Crippen LogP contribution in [0.2, 0.25) is 0 Å². The van der Waals surface area contributed by atoms with Crippen molar-refractivity contribution >= 4 is 5.97 Å². The van der Waals surface area contributed by atoms with Gasteiger partial charge in [0.25, 0.3) is 0 Å². The van der Waals surface area contributed by atoms with Crippen LogP contribution in [0.5, 0.6) is 0 Å². The third-order valence-corrected chi connectivity index (χ3v) is 3.49. The number of hydrogen-bond donors (Lipinski definition) is 3. The minimum Gasteiger partial charge on any atom is -0.464 e. The molecule has 0 heterocycles. The Kier molecular flexibility index (Phi) is 6.09. The lowest BCUT2D eigenvalue weighted by Crippen LogP contribution is -2.42. The lowest BCUT2D eigenvalue weighted by atomic mass is 9.81. The summed E-state index contributed by atoms with van der Waals surface area (Å²) in [4.78, 5) is 11.8. The van der Waals surface area contributed by atoms with E-state index in [4.69, 9.17) is 20.1 Å². The molecule has 0 aromatic rings. The number of ether oxygens (including phenoxy) is 1. The van der Waals surface area contributed by atoms with Crippen LogP contribution in [0, 0.1) is 16.7 Å². The summed E-state index contributed by atoms with van der Waals surface area (Å²) in [6.07, 6.45) is 0. The molecule has 3 N–H and O–H groups in total. The summed E-state index contributed by atoms with van der Waals surface area (Å²) in [6, 6.07) is 0. The lowest BCUT2D eigenvalue weighted by molar-refractivity contribution is -0.164. The Balaban J connectivity index is 4.52. The average molecular weight is 248 g/mol. The normalized spacial score (nSPS) is 12.9. The van der Waals surface area contributed by atoms with Crippen molar-refractivity contribution in [2.24, 2.45) is 16.7 Å². The molecule has 0 aromatic carbocycles. The zero-order valence-corrected chi connectivity index (χ0v) is 11.1. The lowest BCUT2D eigenvalue weighted by Gasteiger charge is -2.31. The van der Waals surface area contributed by atoms with E-state index in [2.05, 4.69) is 0 Å². The van der Waals surface area contributed by atoms with Gasteiger partial charge in [0.1, 0.15) is 6.61 Å². The molecule has 0 fully saturated rings. The van der Waals surface area contributed by atoms with Crippen molar-refractivity contribution in [1.82, 2.24) is 0 Å². The van der Waals surface area contributed by atoms with Gasteiger partial charge < -0.3 is 20.1 Å². The fourth-order valence-corrected chi connectivity index (χ4v) is 0.927. The van der Waals surface area contributed by atoms with Gasteiger partial charge in [-0.15, -0.1) is 0 Å². The summed E-state index contributed by atoms with van der Waals surface area (Å²) in [6.45, 7) is 5.89. The van der Waals surface area contributed by atoms with Crippen molar-refractivity contribution < 1.29 is 24.9 Å². The van der Waals surface area contributed by atoms with Gasteiger partial charge in [0.05, 0.1) is 30.7 Å². The number of hydrogen-bond acceptors (Lipinski definition) is 5. The number of carbonyl (C=O) groups excluding carboxylic acids is 1. The Bertz CT molecular complexity index is 235. The van der Waals surface area contributed by atoms with Gasteiger partial charge in [0.15, 0.2) is 0 Å². The fourth-order valence-electron chi connectivity index (χ4n) is 0.927. The summed E-state index contributed by atoms with van der Waals surface area (Å²) in [5.74, 6) is -0.283. The maximum Gasteiger partial charge on any atom is 0.311 e. The first-order valence-electron chi connectivity index (χ1n) is 5.75. The van der Waals surface area contributed by atoms with Crippen molar-refractivity contribution in [2.75, 3.05) is 26.4 Å². The summed E-state index contributed by atoms with van der Waals surface area (Å²) < 4.78 is 5.09. The van der Waals surface area contributed by atoms with E-state index < -0.39 is 36.6 Å². The SMILES string of the molecule is CC(C)C(C)(C)C(=O)OCC(CO)(CO)CO. The molecule has 0 aliphatic carbocycles. The fraction of sp³-hybridized carbons (Fsp3) is 0.917. The minimum absolute atomic E-state index is 0.113. The monoisotopic (exact) mass is 248 g/mol. The van der Waals surface area contributed by atoms with Gasteiger partial charge in [-0.1, -0.05) is 13.8 Å². The van der Waals surface area contributed by atoms with Crippen molar-refractivity contribution in [2.45, 2.75) is 27.7 Å². The van der Waals surface area contributed by atoms with Crippen molar-refractivity contribution in [3.63, 3.8) is 0 Å². The van der Waals surface area contributed by atoms with Crippen LogP contribution in [0.3, 0.4) is 0 Å². The predicted molar refractivity (Wildman–Crippen MR) is 63.3 cm³/mol. The summed E-state index contributed by atoms with van der Waals surface area (Å²) in [5, 5.41) is 27.3. The summed E-state index contributed by atoms with van der Waals surface area (Å²) in [5.41, 5.74) is -1.80. The Morgan fingerprint density at radius 1 is 1.12 bits per heavy atom. The predicted octanol–water partition coefficient (Wildman–Crippen LogP) is 0.175. The van der Waals surface area contributed by atoms with Crippen LogP contribution >= 0.6 is 0 Å². The molecule has 0 aromatic heterocycles. The third kappa shape index (κ3) is 3.94. The molecule has 102 valence electrons. The second-order valence-electron chi connectivity index (χ2n) is 5.43. The first-order valence-corrected chi connectivity index (χ1v) is 5.75. The molecule has 0 unspecified atom stereocenters. The molecule has 17 heavy (non-hydrogen) atoms. The van der Waals surface area contributed by atoms with E-state index in [0.717, 1.165) is 0 Å². The molecule has 0 saturated heterocycles. The Morgan fingerprint density at radius 2 is 1.53 bits per heavy atom. The zero-order valence-electron chi connectivity index (χ0n) is 11.1. The van der Waals surface area contributed by atoms with Gasteiger partial charge in [-0.25, -0.2) is 0 Å². The zero-order chi connectivity index (χ0) is 13.7. The number of aliphatic hydroxyl groups is 3. The molecule has 0 atom stereocenters. The maximum absolute atomic E-state index is 11.8. The topological polar surface area (TPSA) is 87.0 Å². The molecular formula is C12H24O5. The highest BCUT2D eigenvalue weighted by Crippen LogP contribution is 2.28. The molecule has 0 aliphatic heterocycles. The Hall–Kier alpha value is -0.650. The molecule has 0 amide bonds. The van der Waals surface area contributed by atoms with Crippen molar-refractivity contribution in [1.29, 1.82) is 0 Å². The smallest absolute Gasteiger partial charge is 0.311 e. The molecule has 0 bridgehead atoms. The van der Waals surface area contributed by atoms with Crippen LogP contribution < -0.4 is 0 Å². The molecule has 5 heteroatoms. The molecule has 0 aliphatic rings. The van der Waals surface area contributed by atoms with E-state index >= 15 is 0 Å². The number of carbonyl (C=O) groups is 1. The highest BCUT2D eigenvalue weighted by molar-refractivity contribution is 5.76. The van der Waals surface area contributed by atoms with Gasteiger partial charge >= 0.3 is 5.97 Å². The van der Waals surface area contributed by atoms with Crippen LogP contribution in [-0.2, 0) is 9.53 Å². The second kappa shape index (κ2) is 6.33. The van der Waals surface area contributed by atoms with Crippen LogP contribution in [-0.4, -0.2) is 47.7 Å². The minimum atomic E-state index is -1.16.